The molecule has 10 nitrogen and oxygen atoms in total. The number of hydrogen-bond acceptors (Lipinski definition) is 7. The number of ether oxygens (including phenoxy) is 1. The van der Waals surface area contributed by atoms with Gasteiger partial charge in [-0.05, 0) is 68.0 Å². The minimum Gasteiger partial charge on any atom is -0.465 e. The van der Waals surface area contributed by atoms with Gasteiger partial charge in [0.15, 0.2) is 5.65 Å². The molecule has 3 heterocycles. The van der Waals surface area contributed by atoms with Gasteiger partial charge in [-0.2, -0.15) is 5.10 Å². The number of rotatable bonds is 5. The SMILES string of the molecule is CC(C)(C)[C@@]1(C)CN(C2CCC(n3nc(-c4ccc(Oc5ccccc5)cc4)c4c(N)ncnc43)C2)CCN1C(=O)O. The van der Waals surface area contributed by atoms with Crippen LogP contribution >= 0.6 is 0 Å². The Hall–Kier alpha value is -4.18. The Morgan fingerprint density at radius 3 is 2.38 bits per heavy atom. The lowest BCUT2D eigenvalue weighted by Crippen LogP contribution is -2.68. The molecule has 220 valence electrons. The van der Waals surface area contributed by atoms with Gasteiger partial charge >= 0.3 is 6.09 Å². The number of nitrogens with two attached hydrogens (primary N) is 1. The van der Waals surface area contributed by atoms with Crippen molar-refractivity contribution in [2.24, 2.45) is 5.41 Å². The average molecular weight is 570 g/mol. The van der Waals surface area contributed by atoms with E-state index in [-0.39, 0.29) is 11.5 Å². The fourth-order valence-corrected chi connectivity index (χ4v) is 6.54. The number of nitrogen functional groups attached to an aromatic ring is 1. The van der Waals surface area contributed by atoms with Crippen LogP contribution in [-0.2, 0) is 0 Å². The van der Waals surface area contributed by atoms with Gasteiger partial charge in [0.1, 0.15) is 29.3 Å². The molecule has 3 atom stereocenters. The van der Waals surface area contributed by atoms with Crippen LogP contribution in [0.3, 0.4) is 0 Å². The second-order valence-electron chi connectivity index (χ2n) is 12.7. The van der Waals surface area contributed by atoms with E-state index >= 15 is 0 Å². The zero-order chi connectivity index (χ0) is 29.6. The van der Waals surface area contributed by atoms with Crippen molar-refractivity contribution in [3.63, 3.8) is 0 Å². The van der Waals surface area contributed by atoms with Crippen LogP contribution in [0.2, 0.25) is 0 Å². The maximum atomic E-state index is 12.1. The zero-order valence-corrected chi connectivity index (χ0v) is 24.7. The monoisotopic (exact) mass is 569 g/mol. The van der Waals surface area contributed by atoms with E-state index < -0.39 is 11.6 Å². The first-order valence-electron chi connectivity index (χ1n) is 14.6. The van der Waals surface area contributed by atoms with E-state index in [1.165, 1.54) is 6.33 Å². The van der Waals surface area contributed by atoms with Gasteiger partial charge in [0, 0.05) is 31.2 Å². The minimum absolute atomic E-state index is 0.152. The highest BCUT2D eigenvalue weighted by Gasteiger charge is 2.50. The molecule has 10 heteroatoms. The molecule has 1 amide bonds. The summed E-state index contributed by atoms with van der Waals surface area (Å²) >= 11 is 0. The van der Waals surface area contributed by atoms with Gasteiger partial charge in [-0.15, -0.1) is 0 Å². The van der Waals surface area contributed by atoms with Gasteiger partial charge in [-0.3, -0.25) is 9.80 Å². The molecule has 4 aromatic rings. The zero-order valence-electron chi connectivity index (χ0n) is 24.7. The molecule has 0 spiro atoms. The lowest BCUT2D eigenvalue weighted by atomic mass is 9.72. The highest BCUT2D eigenvalue weighted by Crippen LogP contribution is 2.43. The number of piperazine rings is 1. The van der Waals surface area contributed by atoms with Crippen molar-refractivity contribution in [1.82, 2.24) is 29.5 Å². The normalized spacial score (nSPS) is 23.4. The number of benzene rings is 2. The number of aromatic nitrogens is 4. The Kier molecular flexibility index (Phi) is 7.04. The Morgan fingerprint density at radius 1 is 1.00 bits per heavy atom. The molecular formula is C32H39N7O3. The summed E-state index contributed by atoms with van der Waals surface area (Å²) < 4.78 is 8.01. The molecule has 2 aliphatic rings. The molecule has 1 saturated heterocycles. The Balaban J connectivity index is 1.25. The quantitative estimate of drug-likeness (QED) is 0.297. The van der Waals surface area contributed by atoms with Crippen LogP contribution in [0, 0.1) is 5.41 Å². The number of anilines is 1. The molecule has 2 aromatic heterocycles. The summed E-state index contributed by atoms with van der Waals surface area (Å²) in [7, 11) is 0. The highest BCUT2D eigenvalue weighted by molar-refractivity contribution is 5.98. The molecule has 1 saturated carbocycles. The van der Waals surface area contributed by atoms with Crippen LogP contribution in [0.15, 0.2) is 60.9 Å². The highest BCUT2D eigenvalue weighted by atomic mass is 16.5. The lowest BCUT2D eigenvalue weighted by Gasteiger charge is -2.55. The van der Waals surface area contributed by atoms with Crippen molar-refractivity contribution < 1.29 is 14.6 Å². The van der Waals surface area contributed by atoms with Crippen LogP contribution in [0.5, 0.6) is 11.5 Å². The summed E-state index contributed by atoms with van der Waals surface area (Å²) in [6, 6.07) is 18.0. The van der Waals surface area contributed by atoms with E-state index in [0.717, 1.165) is 59.6 Å². The smallest absolute Gasteiger partial charge is 0.407 e. The van der Waals surface area contributed by atoms with E-state index in [2.05, 4.69) is 42.6 Å². The first kappa shape index (κ1) is 28.0. The maximum Gasteiger partial charge on any atom is 0.407 e. The number of carbonyl (C=O) groups is 1. The first-order valence-corrected chi connectivity index (χ1v) is 14.6. The van der Waals surface area contributed by atoms with Crippen LogP contribution in [-0.4, -0.2) is 72.0 Å². The molecule has 2 unspecified atom stereocenters. The van der Waals surface area contributed by atoms with Gasteiger partial charge in [-0.25, -0.2) is 19.4 Å². The summed E-state index contributed by atoms with van der Waals surface area (Å²) in [5.74, 6) is 1.92. The van der Waals surface area contributed by atoms with Gasteiger partial charge in [-0.1, -0.05) is 39.0 Å². The molecule has 0 radical (unpaired) electrons. The standard InChI is InChI=1S/C32H39N7O3/c1-31(2,3)32(4)19-37(16-17-38(32)30(40)41)22-12-13-23(18-22)39-29-26(28(33)34-20-35-29)27(36-39)21-10-14-25(15-11-21)42-24-8-6-5-7-9-24/h5-11,14-15,20,22-23H,12-13,16-19H2,1-4H3,(H,40,41)(H2,33,34,35)/t22?,23?,32-/m1/s1. The molecule has 2 fully saturated rings. The fourth-order valence-electron chi connectivity index (χ4n) is 6.54. The van der Waals surface area contributed by atoms with Crippen LogP contribution in [0.4, 0.5) is 10.6 Å². The molecule has 42 heavy (non-hydrogen) atoms. The fraction of sp³-hybridized carbons (Fsp3) is 0.438. The lowest BCUT2D eigenvalue weighted by molar-refractivity contribution is -0.0553. The molecule has 2 aromatic carbocycles. The van der Waals surface area contributed by atoms with E-state index in [9.17, 15) is 9.90 Å². The summed E-state index contributed by atoms with van der Waals surface area (Å²) in [5, 5.41) is 15.8. The number of carboxylic acid groups (broad SMARTS) is 1. The van der Waals surface area contributed by atoms with E-state index in [1.807, 2.05) is 59.3 Å². The Labute approximate surface area is 246 Å². The van der Waals surface area contributed by atoms with Crippen molar-refractivity contribution in [2.75, 3.05) is 25.4 Å². The molecule has 0 bridgehead atoms. The number of para-hydroxylation sites is 1. The summed E-state index contributed by atoms with van der Waals surface area (Å²) in [5.41, 5.74) is 8.12. The second kappa shape index (κ2) is 10.6. The first-order chi connectivity index (χ1) is 20.0. The van der Waals surface area contributed by atoms with Crippen molar-refractivity contribution in [1.29, 1.82) is 0 Å². The number of nitrogens with zero attached hydrogens (tertiary/aromatic N) is 6. The van der Waals surface area contributed by atoms with Gasteiger partial charge in [0.2, 0.25) is 0 Å². The van der Waals surface area contributed by atoms with Crippen molar-refractivity contribution in [2.45, 2.75) is 64.6 Å². The number of amides is 1. The van der Waals surface area contributed by atoms with Crippen molar-refractivity contribution >= 4 is 22.9 Å². The molecule has 6 rings (SSSR count). The Morgan fingerprint density at radius 2 is 1.69 bits per heavy atom. The predicted molar refractivity (Wildman–Crippen MR) is 163 cm³/mol. The largest absolute Gasteiger partial charge is 0.465 e. The average Bonchev–Trinajstić information content (AvgIpc) is 3.59. The third-order valence-electron chi connectivity index (χ3n) is 9.43. The minimum atomic E-state index is -0.844. The molecular weight excluding hydrogens is 530 g/mol. The summed E-state index contributed by atoms with van der Waals surface area (Å²) in [6.07, 6.45) is 3.55. The van der Waals surface area contributed by atoms with Gasteiger partial charge < -0.3 is 15.6 Å². The second-order valence-corrected chi connectivity index (χ2v) is 12.7. The summed E-state index contributed by atoms with van der Waals surface area (Å²) in [6.45, 7) is 10.4. The van der Waals surface area contributed by atoms with Crippen LogP contribution in [0.25, 0.3) is 22.3 Å². The molecule has 1 aliphatic carbocycles. The molecule has 3 N–H and O–H groups in total. The third kappa shape index (κ3) is 4.93. The van der Waals surface area contributed by atoms with Crippen LogP contribution in [0.1, 0.15) is 53.0 Å². The van der Waals surface area contributed by atoms with Crippen LogP contribution < -0.4 is 10.5 Å². The maximum absolute atomic E-state index is 12.1. The van der Waals surface area contributed by atoms with Gasteiger partial charge in [0.05, 0.1) is 17.0 Å². The number of fused-ring (bicyclic) bond motifs is 1. The predicted octanol–water partition coefficient (Wildman–Crippen LogP) is 6.06. The van der Waals surface area contributed by atoms with E-state index in [1.54, 1.807) is 4.90 Å². The number of hydrogen-bond donors (Lipinski definition) is 2. The molecule has 1 aliphatic heterocycles. The van der Waals surface area contributed by atoms with Crippen molar-refractivity contribution in [3.05, 3.63) is 60.9 Å². The van der Waals surface area contributed by atoms with E-state index in [4.69, 9.17) is 15.6 Å². The Bertz CT molecular complexity index is 1580. The van der Waals surface area contributed by atoms with Crippen molar-refractivity contribution in [3.8, 4) is 22.8 Å². The third-order valence-corrected chi connectivity index (χ3v) is 9.43. The topological polar surface area (TPSA) is 123 Å². The van der Waals surface area contributed by atoms with Gasteiger partial charge in [0.25, 0.3) is 0 Å². The van der Waals surface area contributed by atoms with E-state index in [0.29, 0.717) is 24.9 Å². The summed E-state index contributed by atoms with van der Waals surface area (Å²) in [4.78, 5) is 25.2.